The molecule has 0 bridgehead atoms. The van der Waals surface area contributed by atoms with Crippen molar-refractivity contribution in [3.63, 3.8) is 0 Å². The van der Waals surface area contributed by atoms with Crippen LogP contribution in [0.2, 0.25) is 0 Å². The Hall–Kier alpha value is -4.68. The van der Waals surface area contributed by atoms with Gasteiger partial charge >= 0.3 is 0 Å². The molecule has 2 N–H and O–H groups in total. The Labute approximate surface area is 187 Å². The van der Waals surface area contributed by atoms with Crippen molar-refractivity contribution >= 4 is 41.1 Å². The molecular weight excluding hydrogens is 430 g/mol. The number of anilines is 4. The first-order valence-corrected chi connectivity index (χ1v) is 10.0. The van der Waals surface area contributed by atoms with Gasteiger partial charge in [-0.05, 0) is 25.0 Å². The molecule has 1 saturated heterocycles. The van der Waals surface area contributed by atoms with Crippen LogP contribution in [0.5, 0.6) is 0 Å². The number of rotatable bonds is 8. The number of nitrogens with one attached hydrogen (secondary N) is 2. The first-order chi connectivity index (χ1) is 16.0. The van der Waals surface area contributed by atoms with Crippen LogP contribution < -0.4 is 15.6 Å². The SMILES string of the molecule is O=[N+]([O-])c1ccc(Nc2nc(N/N=C/c3cccc([N+](=O)[O-])c3)nc(N3CCCC3)n2)cc1. The molecule has 1 aliphatic rings. The Kier molecular flexibility index (Phi) is 6.29. The summed E-state index contributed by atoms with van der Waals surface area (Å²) in [5.74, 6) is 0.895. The molecule has 3 aromatic rings. The van der Waals surface area contributed by atoms with Crippen molar-refractivity contribution in [2.45, 2.75) is 12.8 Å². The number of hydrazone groups is 1. The van der Waals surface area contributed by atoms with E-state index in [1.807, 2.05) is 4.90 Å². The fourth-order valence-electron chi connectivity index (χ4n) is 3.21. The van der Waals surface area contributed by atoms with Gasteiger partial charge in [0.05, 0.1) is 16.1 Å². The third kappa shape index (κ3) is 5.52. The lowest BCUT2D eigenvalue weighted by Crippen LogP contribution is -2.21. The van der Waals surface area contributed by atoms with Crippen molar-refractivity contribution in [1.29, 1.82) is 0 Å². The van der Waals surface area contributed by atoms with Gasteiger partial charge in [0.15, 0.2) is 0 Å². The second-order valence-corrected chi connectivity index (χ2v) is 7.13. The molecule has 0 saturated carbocycles. The van der Waals surface area contributed by atoms with Crippen LogP contribution >= 0.6 is 0 Å². The van der Waals surface area contributed by atoms with Gasteiger partial charge in [-0.1, -0.05) is 12.1 Å². The average Bonchev–Trinajstić information content (AvgIpc) is 3.35. The molecule has 0 radical (unpaired) electrons. The molecule has 0 unspecified atom stereocenters. The number of nitro groups is 2. The molecule has 13 heteroatoms. The minimum Gasteiger partial charge on any atom is -0.341 e. The fraction of sp³-hybridized carbons (Fsp3) is 0.200. The van der Waals surface area contributed by atoms with Gasteiger partial charge in [0.2, 0.25) is 17.8 Å². The predicted octanol–water partition coefficient (Wildman–Crippen LogP) is 3.48. The van der Waals surface area contributed by atoms with Gasteiger partial charge in [-0.3, -0.25) is 20.2 Å². The lowest BCUT2D eigenvalue weighted by atomic mass is 10.2. The van der Waals surface area contributed by atoms with Gasteiger partial charge in [-0.2, -0.15) is 20.1 Å². The van der Waals surface area contributed by atoms with Crippen molar-refractivity contribution in [2.24, 2.45) is 5.10 Å². The number of nitrogens with zero attached hydrogens (tertiary/aromatic N) is 7. The van der Waals surface area contributed by atoms with E-state index in [9.17, 15) is 20.2 Å². The Bertz CT molecular complexity index is 1190. The molecule has 168 valence electrons. The van der Waals surface area contributed by atoms with Crippen molar-refractivity contribution in [1.82, 2.24) is 15.0 Å². The van der Waals surface area contributed by atoms with E-state index < -0.39 is 9.85 Å². The summed E-state index contributed by atoms with van der Waals surface area (Å²) in [4.78, 5) is 36.0. The van der Waals surface area contributed by atoms with Crippen molar-refractivity contribution in [3.05, 3.63) is 74.3 Å². The van der Waals surface area contributed by atoms with Crippen molar-refractivity contribution in [2.75, 3.05) is 28.7 Å². The van der Waals surface area contributed by atoms with Crippen LogP contribution in [-0.4, -0.2) is 44.1 Å². The Morgan fingerprint density at radius 1 is 0.909 bits per heavy atom. The zero-order valence-electron chi connectivity index (χ0n) is 17.3. The van der Waals surface area contributed by atoms with E-state index in [-0.39, 0.29) is 23.3 Å². The van der Waals surface area contributed by atoms with Gasteiger partial charge in [0.25, 0.3) is 11.4 Å². The van der Waals surface area contributed by atoms with Gasteiger partial charge in [0.1, 0.15) is 0 Å². The number of nitro benzene ring substituents is 2. The minimum absolute atomic E-state index is 0.0215. The summed E-state index contributed by atoms with van der Waals surface area (Å²) in [6.45, 7) is 1.63. The zero-order chi connectivity index (χ0) is 23.2. The van der Waals surface area contributed by atoms with E-state index in [0.29, 0.717) is 17.2 Å². The summed E-state index contributed by atoms with van der Waals surface area (Å²) in [6.07, 6.45) is 3.49. The third-order valence-electron chi connectivity index (χ3n) is 4.81. The number of benzene rings is 2. The highest BCUT2D eigenvalue weighted by molar-refractivity contribution is 5.81. The minimum atomic E-state index is -0.477. The molecule has 0 aliphatic carbocycles. The van der Waals surface area contributed by atoms with Gasteiger partial charge in [-0.25, -0.2) is 5.43 Å². The quantitative estimate of drug-likeness (QED) is 0.295. The van der Waals surface area contributed by atoms with Crippen LogP contribution in [0, 0.1) is 20.2 Å². The molecule has 1 fully saturated rings. The Morgan fingerprint density at radius 2 is 1.61 bits per heavy atom. The Balaban J connectivity index is 1.55. The number of aromatic nitrogens is 3. The Morgan fingerprint density at radius 3 is 2.30 bits per heavy atom. The van der Waals surface area contributed by atoms with Gasteiger partial charge < -0.3 is 10.2 Å². The van der Waals surface area contributed by atoms with Gasteiger partial charge in [0, 0.05) is 48.6 Å². The summed E-state index contributed by atoms with van der Waals surface area (Å²) in [6, 6.07) is 11.9. The molecule has 1 aromatic heterocycles. The first-order valence-electron chi connectivity index (χ1n) is 10.0. The topological polar surface area (TPSA) is 165 Å². The van der Waals surface area contributed by atoms with Crippen LogP contribution in [-0.2, 0) is 0 Å². The zero-order valence-corrected chi connectivity index (χ0v) is 17.3. The third-order valence-corrected chi connectivity index (χ3v) is 4.81. The van der Waals surface area contributed by atoms with Gasteiger partial charge in [-0.15, -0.1) is 0 Å². The number of hydrogen-bond acceptors (Lipinski definition) is 11. The second kappa shape index (κ2) is 9.64. The summed E-state index contributed by atoms with van der Waals surface area (Å²) in [5, 5.41) is 28.9. The molecule has 0 atom stereocenters. The highest BCUT2D eigenvalue weighted by atomic mass is 16.6. The van der Waals surface area contributed by atoms with E-state index >= 15 is 0 Å². The first kappa shape index (κ1) is 21.5. The maximum Gasteiger partial charge on any atom is 0.270 e. The fourth-order valence-corrected chi connectivity index (χ4v) is 3.21. The van der Waals surface area contributed by atoms with Crippen LogP contribution in [0.1, 0.15) is 18.4 Å². The standard InChI is InChI=1S/C20H19N9O4/c30-28(31)16-8-6-15(7-9-16)22-18-23-19(25-20(24-18)27-10-1-2-11-27)26-21-13-14-4-3-5-17(12-14)29(32)33/h3-9,12-13H,1-2,10-11H2,(H2,22,23,24,25,26)/b21-13+. The van der Waals surface area contributed by atoms with Crippen molar-refractivity contribution in [3.8, 4) is 0 Å². The van der Waals surface area contributed by atoms with Crippen LogP contribution in [0.4, 0.5) is 34.9 Å². The lowest BCUT2D eigenvalue weighted by molar-refractivity contribution is -0.385. The predicted molar refractivity (Wildman–Crippen MR) is 122 cm³/mol. The molecule has 33 heavy (non-hydrogen) atoms. The highest BCUT2D eigenvalue weighted by Gasteiger charge is 2.18. The summed E-state index contributed by atoms with van der Waals surface area (Å²) in [5.41, 5.74) is 3.79. The van der Waals surface area contributed by atoms with E-state index in [1.54, 1.807) is 24.3 Å². The molecule has 0 spiro atoms. The number of hydrogen-bond donors (Lipinski definition) is 2. The second-order valence-electron chi connectivity index (χ2n) is 7.13. The molecule has 2 heterocycles. The largest absolute Gasteiger partial charge is 0.341 e. The summed E-state index contributed by atoms with van der Waals surface area (Å²) in [7, 11) is 0. The highest BCUT2D eigenvalue weighted by Crippen LogP contribution is 2.22. The number of non-ortho nitro benzene ring substituents is 2. The van der Waals surface area contributed by atoms with E-state index in [1.165, 1.54) is 30.5 Å². The molecule has 2 aromatic carbocycles. The van der Waals surface area contributed by atoms with Crippen molar-refractivity contribution < 1.29 is 9.85 Å². The average molecular weight is 449 g/mol. The summed E-state index contributed by atoms with van der Waals surface area (Å²) < 4.78 is 0. The maximum absolute atomic E-state index is 10.9. The van der Waals surface area contributed by atoms with E-state index in [0.717, 1.165) is 25.9 Å². The van der Waals surface area contributed by atoms with E-state index in [2.05, 4.69) is 30.8 Å². The van der Waals surface area contributed by atoms with E-state index in [4.69, 9.17) is 0 Å². The lowest BCUT2D eigenvalue weighted by Gasteiger charge is -2.16. The molecule has 0 amide bonds. The smallest absolute Gasteiger partial charge is 0.270 e. The molecule has 13 nitrogen and oxygen atoms in total. The van der Waals surface area contributed by atoms with Crippen LogP contribution in [0.15, 0.2) is 53.6 Å². The molecule has 1 aliphatic heterocycles. The van der Waals surface area contributed by atoms with Crippen LogP contribution in [0.3, 0.4) is 0 Å². The normalized spacial score (nSPS) is 13.3. The molecular formula is C20H19N9O4. The molecule has 4 rings (SSSR count). The maximum atomic E-state index is 10.9. The monoisotopic (exact) mass is 449 g/mol. The summed E-state index contributed by atoms with van der Waals surface area (Å²) >= 11 is 0. The van der Waals surface area contributed by atoms with Crippen LogP contribution in [0.25, 0.3) is 0 Å².